The molecule has 0 unspecified atom stereocenters. The average Bonchev–Trinajstić information content (AvgIpc) is 3.02. The van der Waals surface area contributed by atoms with Gasteiger partial charge in [-0.15, -0.1) is 12.6 Å². The van der Waals surface area contributed by atoms with Gasteiger partial charge in [-0.05, 0) is 37.1 Å². The van der Waals surface area contributed by atoms with E-state index in [0.29, 0.717) is 18.5 Å². The third kappa shape index (κ3) is 1.95. The Balaban J connectivity index is 2.08. The normalized spacial score (nSPS) is 16.6. The Kier molecular flexibility index (Phi) is 2.71. The van der Waals surface area contributed by atoms with Crippen LogP contribution in [0.25, 0.3) is 0 Å². The van der Waals surface area contributed by atoms with Crippen LogP contribution in [0.4, 0.5) is 10.1 Å². The molecule has 1 fully saturated rings. The molecule has 0 spiro atoms. The number of halogens is 1. The van der Waals surface area contributed by atoms with Crippen LogP contribution in [0.1, 0.15) is 12.8 Å². The van der Waals surface area contributed by atoms with E-state index in [1.54, 1.807) is 0 Å². The number of amides is 1. The first-order chi connectivity index (χ1) is 7.54. The molecule has 1 aliphatic rings. The fourth-order valence-corrected chi connectivity index (χ4v) is 1.77. The lowest BCUT2D eigenvalue weighted by molar-refractivity contribution is -0.128. The van der Waals surface area contributed by atoms with Gasteiger partial charge in [-0.25, -0.2) is 4.39 Å². The van der Waals surface area contributed by atoms with Gasteiger partial charge in [0, 0.05) is 5.69 Å². The molecule has 0 aliphatic heterocycles. The third-order valence-corrected chi connectivity index (χ3v) is 3.12. The largest absolute Gasteiger partial charge is 0.325 e. The van der Waals surface area contributed by atoms with E-state index < -0.39 is 10.5 Å². The second-order valence-electron chi connectivity index (χ2n) is 3.85. The monoisotopic (exact) mass is 239 g/mol. The van der Waals surface area contributed by atoms with Crippen molar-refractivity contribution in [3.8, 4) is 0 Å². The van der Waals surface area contributed by atoms with Crippen LogP contribution in [0.15, 0.2) is 24.3 Å². The van der Waals surface area contributed by atoms with Crippen LogP contribution in [0.3, 0.4) is 0 Å². The van der Waals surface area contributed by atoms with Crippen LogP contribution < -0.4 is 5.32 Å². The maximum Gasteiger partial charge on any atom is 0.239 e. The van der Waals surface area contributed by atoms with E-state index in [0.717, 1.165) is 0 Å². The van der Waals surface area contributed by atoms with Crippen LogP contribution in [0, 0.1) is 11.2 Å². The molecule has 1 aromatic carbocycles. The zero-order valence-electron chi connectivity index (χ0n) is 8.37. The molecule has 0 saturated heterocycles. The Morgan fingerprint density at radius 2 is 1.81 bits per heavy atom. The van der Waals surface area contributed by atoms with Crippen molar-refractivity contribution in [3.05, 3.63) is 30.1 Å². The van der Waals surface area contributed by atoms with Gasteiger partial charge in [0.1, 0.15) is 11.2 Å². The maximum atomic E-state index is 12.6. The van der Waals surface area contributed by atoms with Gasteiger partial charge in [0.25, 0.3) is 0 Å². The fraction of sp³-hybridized carbons (Fsp3) is 0.273. The van der Waals surface area contributed by atoms with Gasteiger partial charge in [-0.2, -0.15) is 0 Å². The van der Waals surface area contributed by atoms with Gasteiger partial charge in [-0.1, -0.05) is 0 Å². The number of carbonyl (C=O) groups is 2. The van der Waals surface area contributed by atoms with Crippen LogP contribution in [0.5, 0.6) is 0 Å². The number of hydrogen-bond acceptors (Lipinski definition) is 2. The van der Waals surface area contributed by atoms with Crippen LogP contribution in [-0.2, 0) is 9.59 Å². The lowest BCUT2D eigenvalue weighted by Gasteiger charge is -2.11. The fourth-order valence-electron chi connectivity index (χ4n) is 1.45. The Morgan fingerprint density at radius 3 is 2.25 bits per heavy atom. The summed E-state index contributed by atoms with van der Waals surface area (Å²) in [5, 5.41) is 2.17. The number of thiol groups is 1. The molecule has 1 aromatic rings. The number of anilines is 1. The predicted octanol–water partition coefficient (Wildman–Crippen LogP) is 2.00. The van der Waals surface area contributed by atoms with Crippen molar-refractivity contribution < 1.29 is 14.0 Å². The van der Waals surface area contributed by atoms with E-state index in [2.05, 4.69) is 17.9 Å². The number of nitrogens with one attached hydrogen (secondary N) is 1. The first-order valence-corrected chi connectivity index (χ1v) is 5.30. The minimum absolute atomic E-state index is 0.362. The summed E-state index contributed by atoms with van der Waals surface area (Å²) in [6.45, 7) is 0. The van der Waals surface area contributed by atoms with Crippen molar-refractivity contribution >= 4 is 29.3 Å². The summed E-state index contributed by atoms with van der Waals surface area (Å²) in [6.07, 6.45) is 1.06. The smallest absolute Gasteiger partial charge is 0.239 e. The molecule has 16 heavy (non-hydrogen) atoms. The predicted molar refractivity (Wildman–Crippen MR) is 60.7 cm³/mol. The summed E-state index contributed by atoms with van der Waals surface area (Å²) in [5.74, 6) is -0.733. The zero-order valence-corrected chi connectivity index (χ0v) is 9.26. The maximum absolute atomic E-state index is 12.6. The van der Waals surface area contributed by atoms with Gasteiger partial charge in [-0.3, -0.25) is 9.59 Å². The van der Waals surface area contributed by atoms with Crippen molar-refractivity contribution in [2.45, 2.75) is 12.8 Å². The highest BCUT2D eigenvalue weighted by Crippen LogP contribution is 2.48. The molecule has 0 aromatic heterocycles. The summed E-state index contributed by atoms with van der Waals surface area (Å²) in [6, 6.07) is 5.40. The number of carbonyl (C=O) groups excluding carboxylic acids is 2. The first-order valence-electron chi connectivity index (χ1n) is 4.85. The van der Waals surface area contributed by atoms with Gasteiger partial charge in [0.15, 0.2) is 0 Å². The van der Waals surface area contributed by atoms with Crippen molar-refractivity contribution in [3.63, 3.8) is 0 Å². The second-order valence-corrected chi connectivity index (χ2v) is 4.25. The summed E-state index contributed by atoms with van der Waals surface area (Å²) in [5.41, 5.74) is -0.482. The van der Waals surface area contributed by atoms with Crippen molar-refractivity contribution in [2.24, 2.45) is 5.41 Å². The van der Waals surface area contributed by atoms with Crippen LogP contribution >= 0.6 is 12.6 Å². The molecule has 0 atom stereocenters. The lowest BCUT2D eigenvalue weighted by Crippen LogP contribution is -2.28. The molecule has 3 nitrogen and oxygen atoms in total. The number of benzene rings is 1. The Bertz CT molecular complexity index is 440. The Labute approximate surface area is 97.4 Å². The molecule has 1 saturated carbocycles. The molecule has 2 rings (SSSR count). The van der Waals surface area contributed by atoms with Crippen molar-refractivity contribution in [1.82, 2.24) is 0 Å². The molecular weight excluding hydrogens is 229 g/mol. The van der Waals surface area contributed by atoms with Gasteiger partial charge < -0.3 is 5.32 Å². The molecule has 5 heteroatoms. The minimum Gasteiger partial charge on any atom is -0.325 e. The van der Waals surface area contributed by atoms with E-state index in [-0.39, 0.29) is 11.7 Å². The van der Waals surface area contributed by atoms with E-state index in [1.165, 1.54) is 24.3 Å². The highest BCUT2D eigenvalue weighted by molar-refractivity contribution is 7.96. The zero-order chi connectivity index (χ0) is 11.8. The van der Waals surface area contributed by atoms with Gasteiger partial charge >= 0.3 is 0 Å². The summed E-state index contributed by atoms with van der Waals surface area (Å²) < 4.78 is 12.6. The Morgan fingerprint density at radius 1 is 1.25 bits per heavy atom. The van der Waals surface area contributed by atoms with Gasteiger partial charge in [0.05, 0.1) is 0 Å². The second kappa shape index (κ2) is 3.90. The van der Waals surface area contributed by atoms with E-state index in [9.17, 15) is 14.0 Å². The van der Waals surface area contributed by atoms with E-state index in [4.69, 9.17) is 0 Å². The van der Waals surface area contributed by atoms with E-state index in [1.807, 2.05) is 0 Å². The summed E-state index contributed by atoms with van der Waals surface area (Å²) in [7, 11) is 0. The first kappa shape index (κ1) is 11.1. The van der Waals surface area contributed by atoms with E-state index >= 15 is 0 Å². The SMILES string of the molecule is O=C(S)C1(C(=O)Nc2ccc(F)cc2)CC1. The van der Waals surface area contributed by atoms with Crippen molar-refractivity contribution in [1.29, 1.82) is 0 Å². The van der Waals surface area contributed by atoms with Crippen LogP contribution in [0.2, 0.25) is 0 Å². The molecule has 0 bridgehead atoms. The molecule has 0 heterocycles. The minimum atomic E-state index is -0.961. The molecule has 1 N–H and O–H groups in total. The number of rotatable bonds is 3. The molecule has 1 aliphatic carbocycles. The third-order valence-electron chi connectivity index (χ3n) is 2.70. The highest BCUT2D eigenvalue weighted by Gasteiger charge is 2.55. The highest BCUT2D eigenvalue weighted by atomic mass is 32.1. The number of hydrogen-bond donors (Lipinski definition) is 2. The molecular formula is C11H10FNO2S. The Hall–Kier alpha value is -1.36. The quantitative estimate of drug-likeness (QED) is 0.626. The molecule has 0 radical (unpaired) electrons. The van der Waals surface area contributed by atoms with Crippen molar-refractivity contribution in [2.75, 3.05) is 5.32 Å². The van der Waals surface area contributed by atoms with Gasteiger partial charge in [0.2, 0.25) is 11.0 Å². The average molecular weight is 239 g/mol. The summed E-state index contributed by atoms with van der Waals surface area (Å²) >= 11 is 3.70. The summed E-state index contributed by atoms with van der Waals surface area (Å²) in [4.78, 5) is 22.9. The standard InChI is InChI=1S/C11H10FNO2S/c12-7-1-3-8(4-2-7)13-9(14)11(5-6-11)10(15)16/h1-4H,5-6H2,(H,13,14)(H,15,16). The lowest BCUT2D eigenvalue weighted by atomic mass is 10.1. The molecule has 84 valence electrons. The molecule has 1 amide bonds. The van der Waals surface area contributed by atoms with Crippen LogP contribution in [-0.4, -0.2) is 11.0 Å². The topological polar surface area (TPSA) is 46.2 Å².